The molecule has 1 aliphatic heterocycles. The van der Waals surface area contributed by atoms with E-state index in [2.05, 4.69) is 5.32 Å². The van der Waals surface area contributed by atoms with E-state index >= 15 is 0 Å². The van der Waals surface area contributed by atoms with Gasteiger partial charge in [0.15, 0.2) is 0 Å². The number of Topliss-reactive ketones (excluding diaryl/α,β-unsaturated/α-hetero) is 1. The molecule has 1 amide bonds. The lowest BCUT2D eigenvalue weighted by molar-refractivity contribution is -0.207. The first-order valence-corrected chi connectivity index (χ1v) is 10.9. The minimum absolute atomic E-state index is 0.0159. The Morgan fingerprint density at radius 2 is 1.91 bits per heavy atom. The molecule has 1 aromatic rings. The molecule has 1 saturated heterocycles. The maximum atomic E-state index is 12.8. The zero-order valence-electron chi connectivity index (χ0n) is 17.8. The van der Waals surface area contributed by atoms with E-state index in [0.29, 0.717) is 4.90 Å². The summed E-state index contributed by atoms with van der Waals surface area (Å²) in [5.74, 6) is -1.61. The molecule has 0 saturated carbocycles. The average molecular weight is 472 g/mol. The van der Waals surface area contributed by atoms with Gasteiger partial charge < -0.3 is 40.0 Å². The molecule has 1 aliphatic rings. The van der Waals surface area contributed by atoms with Gasteiger partial charge in [0.25, 0.3) is 0 Å². The normalized spacial score (nSPS) is 27.2. The summed E-state index contributed by atoms with van der Waals surface area (Å²) in [7, 11) is 1.15. The molecule has 1 aromatic carbocycles. The van der Waals surface area contributed by atoms with E-state index in [4.69, 9.17) is 9.47 Å². The maximum absolute atomic E-state index is 12.8. The van der Waals surface area contributed by atoms with Gasteiger partial charge in [-0.25, -0.2) is 4.79 Å². The molecule has 5 N–H and O–H groups in total. The van der Waals surface area contributed by atoms with Crippen molar-refractivity contribution in [3.8, 4) is 0 Å². The number of nitrogens with one attached hydrogen (secondary N) is 1. The van der Waals surface area contributed by atoms with Crippen LogP contribution in [-0.4, -0.2) is 87.2 Å². The van der Waals surface area contributed by atoms with Crippen LogP contribution in [0.3, 0.4) is 0 Å². The Bertz CT molecular complexity index is 793. The van der Waals surface area contributed by atoms with Crippen molar-refractivity contribution in [2.45, 2.75) is 66.5 Å². The third-order valence-corrected chi connectivity index (χ3v) is 6.31. The Morgan fingerprint density at radius 3 is 2.47 bits per heavy atom. The second-order valence-electron chi connectivity index (χ2n) is 7.55. The van der Waals surface area contributed by atoms with Gasteiger partial charge in [0.2, 0.25) is 10.8 Å². The van der Waals surface area contributed by atoms with Crippen molar-refractivity contribution < 1.29 is 44.3 Å². The van der Waals surface area contributed by atoms with Crippen molar-refractivity contribution >= 4 is 29.4 Å². The smallest absolute Gasteiger partial charge is 0.349 e. The number of aliphatic hydroxyl groups excluding tert-OH is 4. The first-order chi connectivity index (χ1) is 15.1. The van der Waals surface area contributed by atoms with Gasteiger partial charge in [-0.05, 0) is 19.1 Å². The Labute approximate surface area is 189 Å². The zero-order chi connectivity index (χ0) is 23.9. The molecular weight excluding hydrogens is 442 g/mol. The molecule has 0 aliphatic carbocycles. The number of ether oxygens (including phenoxy) is 2. The fourth-order valence-electron chi connectivity index (χ4n) is 3.37. The Balaban J connectivity index is 2.37. The first-order valence-electron chi connectivity index (χ1n) is 10.1. The van der Waals surface area contributed by atoms with E-state index in [1.54, 1.807) is 30.3 Å². The molecule has 0 bridgehead atoms. The molecular formula is C21H29NO9S. The summed E-state index contributed by atoms with van der Waals surface area (Å²) >= 11 is 0.955. The summed E-state index contributed by atoms with van der Waals surface area (Å²) in [5, 5.41) is 43.3. The molecule has 0 aromatic heterocycles. The minimum atomic E-state index is -1.79. The van der Waals surface area contributed by atoms with Crippen LogP contribution in [0, 0.1) is 0 Å². The molecule has 1 fully saturated rings. The third kappa shape index (κ3) is 6.50. The third-order valence-electron chi connectivity index (χ3n) is 5.04. The number of hydrogen-bond acceptors (Lipinski definition) is 10. The molecule has 1 heterocycles. The van der Waals surface area contributed by atoms with Gasteiger partial charge in [-0.1, -0.05) is 30.0 Å². The quantitative estimate of drug-likeness (QED) is 0.278. The van der Waals surface area contributed by atoms with Crippen LogP contribution in [0.2, 0.25) is 0 Å². The number of rotatable bonds is 10. The van der Waals surface area contributed by atoms with Crippen molar-refractivity contribution in [1.29, 1.82) is 0 Å². The Morgan fingerprint density at radius 1 is 1.25 bits per heavy atom. The summed E-state index contributed by atoms with van der Waals surface area (Å²) in [6.45, 7) is 0.515. The highest BCUT2D eigenvalue weighted by Gasteiger charge is 2.55. The molecule has 10 nitrogen and oxygen atoms in total. The second-order valence-corrected chi connectivity index (χ2v) is 8.88. The minimum Gasteiger partial charge on any atom is -0.466 e. The molecule has 0 radical (unpaired) electrons. The Kier molecular flexibility index (Phi) is 9.62. The van der Waals surface area contributed by atoms with Crippen LogP contribution in [0.4, 0.5) is 0 Å². The van der Waals surface area contributed by atoms with E-state index in [1.165, 1.54) is 6.92 Å². The van der Waals surface area contributed by atoms with Crippen LogP contribution in [0.25, 0.3) is 0 Å². The lowest BCUT2D eigenvalue weighted by Crippen LogP contribution is -2.66. The molecule has 2 rings (SSSR count). The molecule has 6 atom stereocenters. The summed E-state index contributed by atoms with van der Waals surface area (Å²) in [5.41, 5.74) is 0. The monoisotopic (exact) mass is 471 g/mol. The predicted molar refractivity (Wildman–Crippen MR) is 113 cm³/mol. The fraction of sp³-hybridized carbons (Fsp3) is 0.571. The maximum Gasteiger partial charge on any atom is 0.349 e. The van der Waals surface area contributed by atoms with E-state index in [0.717, 1.165) is 18.9 Å². The van der Waals surface area contributed by atoms with Gasteiger partial charge in [0, 0.05) is 24.2 Å². The molecule has 11 heteroatoms. The number of ketones is 1. The highest BCUT2D eigenvalue weighted by Crippen LogP contribution is 2.44. The molecule has 0 spiro atoms. The van der Waals surface area contributed by atoms with Gasteiger partial charge in [-0.15, -0.1) is 0 Å². The van der Waals surface area contributed by atoms with Gasteiger partial charge in [0.1, 0.15) is 24.1 Å². The number of carbonyl (C=O) groups excluding carboxylic acids is 3. The summed E-state index contributed by atoms with van der Waals surface area (Å²) < 4.78 is 10.8. The van der Waals surface area contributed by atoms with Crippen molar-refractivity contribution in [1.82, 2.24) is 5.32 Å². The molecule has 178 valence electrons. The number of carbonyl (C=O) groups is 3. The van der Waals surface area contributed by atoms with E-state index < -0.39 is 53.9 Å². The fourth-order valence-corrected chi connectivity index (χ4v) is 4.62. The van der Waals surface area contributed by atoms with Crippen LogP contribution < -0.4 is 5.32 Å². The van der Waals surface area contributed by atoms with Crippen molar-refractivity contribution in [3.63, 3.8) is 0 Å². The predicted octanol–water partition coefficient (Wildman–Crippen LogP) is -0.634. The lowest BCUT2D eigenvalue weighted by atomic mass is 9.89. The van der Waals surface area contributed by atoms with Crippen molar-refractivity contribution in [3.05, 3.63) is 30.3 Å². The topological polar surface area (TPSA) is 163 Å². The van der Waals surface area contributed by atoms with Crippen LogP contribution in [0.5, 0.6) is 0 Å². The van der Waals surface area contributed by atoms with Gasteiger partial charge in [-0.2, -0.15) is 0 Å². The Hall–Kier alpha value is -2.02. The van der Waals surface area contributed by atoms with Crippen molar-refractivity contribution in [2.24, 2.45) is 0 Å². The van der Waals surface area contributed by atoms with Crippen LogP contribution >= 0.6 is 11.8 Å². The first kappa shape index (κ1) is 26.2. The number of hydrogen-bond donors (Lipinski definition) is 5. The molecule has 2 unspecified atom stereocenters. The van der Waals surface area contributed by atoms with Crippen LogP contribution in [0.15, 0.2) is 35.2 Å². The van der Waals surface area contributed by atoms with Gasteiger partial charge in [-0.3, -0.25) is 4.79 Å². The standard InChI is InChI=1S/C21H29NO9S/c1-12(24)8-9-16(27)22-17-14(25)10-21(20(29)30-2,32-13-6-4-3-5-7-13)31-19(17)18(28)15(26)11-23/h3-7,14-15,17-19,23,25-26,28H,8-11H2,1-2H3,(H,22,27)/t14-,15-,17-,18-,19?,21?/m1/s1. The zero-order valence-corrected chi connectivity index (χ0v) is 18.7. The second kappa shape index (κ2) is 11.7. The SMILES string of the molecule is COC(=O)C1(Sc2ccccc2)C[C@@H](O)[C@@H](NC(=O)CCC(C)=O)C([C@H](O)[C@H](O)CO)O1. The van der Waals surface area contributed by atoms with Gasteiger partial charge >= 0.3 is 5.97 Å². The average Bonchev–Trinajstić information content (AvgIpc) is 2.78. The summed E-state index contributed by atoms with van der Waals surface area (Å²) in [6.07, 6.45) is -6.74. The number of benzene rings is 1. The largest absolute Gasteiger partial charge is 0.466 e. The summed E-state index contributed by atoms with van der Waals surface area (Å²) in [6, 6.07) is 7.48. The van der Waals surface area contributed by atoms with Crippen LogP contribution in [-0.2, 0) is 23.9 Å². The van der Waals surface area contributed by atoms with Gasteiger partial charge in [0.05, 0.1) is 25.9 Å². The highest BCUT2D eigenvalue weighted by molar-refractivity contribution is 8.01. The number of amides is 1. The van der Waals surface area contributed by atoms with E-state index in [1.807, 2.05) is 0 Å². The van der Waals surface area contributed by atoms with E-state index in [9.17, 15) is 34.8 Å². The number of aliphatic hydroxyl groups is 4. The highest BCUT2D eigenvalue weighted by atomic mass is 32.2. The lowest BCUT2D eigenvalue weighted by Gasteiger charge is -2.47. The van der Waals surface area contributed by atoms with Crippen LogP contribution in [0.1, 0.15) is 26.2 Å². The molecule has 32 heavy (non-hydrogen) atoms. The van der Waals surface area contributed by atoms with Crippen molar-refractivity contribution in [2.75, 3.05) is 13.7 Å². The van der Waals surface area contributed by atoms with E-state index in [-0.39, 0.29) is 25.0 Å². The number of esters is 1. The summed E-state index contributed by atoms with van der Waals surface area (Å²) in [4.78, 5) is 35.0. The number of thioether (sulfide) groups is 1. The number of methoxy groups -OCH3 is 1.